The second kappa shape index (κ2) is 3.86. The highest BCUT2D eigenvalue weighted by Crippen LogP contribution is 2.18. The Kier molecular flexibility index (Phi) is 2.53. The lowest BCUT2D eigenvalue weighted by Gasteiger charge is -2.07. The van der Waals surface area contributed by atoms with E-state index in [0.717, 1.165) is 0 Å². The van der Waals surface area contributed by atoms with Gasteiger partial charge in [-0.25, -0.2) is 9.97 Å². The summed E-state index contributed by atoms with van der Waals surface area (Å²) >= 11 is 0. The van der Waals surface area contributed by atoms with Gasteiger partial charge in [0.2, 0.25) is 5.95 Å². The summed E-state index contributed by atoms with van der Waals surface area (Å²) in [6.45, 7) is 1.85. The molecule has 7 heteroatoms. The number of nitrogens with two attached hydrogens (primary N) is 2. The molecule has 84 valence electrons. The van der Waals surface area contributed by atoms with Crippen LogP contribution in [0.5, 0.6) is 0 Å². The van der Waals surface area contributed by atoms with Crippen molar-refractivity contribution in [3.05, 3.63) is 11.9 Å². The maximum atomic E-state index is 9.63. The molecule has 0 amide bonds. The summed E-state index contributed by atoms with van der Waals surface area (Å²) in [5.41, 5.74) is 12.2. The third kappa shape index (κ3) is 1.72. The molecular formula is C9H12N6O. The zero-order valence-electron chi connectivity index (χ0n) is 8.75. The van der Waals surface area contributed by atoms with Gasteiger partial charge in [-0.3, -0.25) is 0 Å². The van der Waals surface area contributed by atoms with Gasteiger partial charge in [0.15, 0.2) is 17.0 Å². The molecule has 7 nitrogen and oxygen atoms in total. The van der Waals surface area contributed by atoms with Gasteiger partial charge in [-0.2, -0.15) is 9.97 Å². The molecule has 0 aliphatic heterocycles. The van der Waals surface area contributed by atoms with Crippen LogP contribution in [-0.4, -0.2) is 25.0 Å². The van der Waals surface area contributed by atoms with Crippen molar-refractivity contribution in [2.45, 2.75) is 19.4 Å². The summed E-state index contributed by atoms with van der Waals surface area (Å²) in [4.78, 5) is 15.9. The highest BCUT2D eigenvalue weighted by atomic mass is 16.3. The van der Waals surface area contributed by atoms with Gasteiger partial charge in [0.1, 0.15) is 0 Å². The Balaban J connectivity index is 2.62. The van der Waals surface area contributed by atoms with E-state index in [-0.39, 0.29) is 11.8 Å². The molecule has 0 fully saturated rings. The highest BCUT2D eigenvalue weighted by Gasteiger charge is 2.11. The molecule has 0 saturated carbocycles. The van der Waals surface area contributed by atoms with Crippen molar-refractivity contribution in [2.24, 2.45) is 0 Å². The van der Waals surface area contributed by atoms with Crippen LogP contribution in [0.3, 0.4) is 0 Å². The van der Waals surface area contributed by atoms with Crippen LogP contribution in [0.4, 0.5) is 11.8 Å². The number of hydrogen-bond acceptors (Lipinski definition) is 7. The van der Waals surface area contributed by atoms with Crippen LogP contribution >= 0.6 is 0 Å². The summed E-state index contributed by atoms with van der Waals surface area (Å²) < 4.78 is 0. The van der Waals surface area contributed by atoms with E-state index in [0.29, 0.717) is 23.3 Å². The second-order valence-corrected chi connectivity index (χ2v) is 3.36. The largest absolute Gasteiger partial charge is 0.387 e. The molecule has 0 radical (unpaired) electrons. The first-order chi connectivity index (χ1) is 7.61. The molecule has 2 aromatic rings. The number of aliphatic hydroxyl groups is 1. The van der Waals surface area contributed by atoms with Gasteiger partial charge >= 0.3 is 0 Å². The predicted octanol–water partition coefficient (Wildman–Crippen LogP) is 0.0276. The Morgan fingerprint density at radius 1 is 1.31 bits per heavy atom. The van der Waals surface area contributed by atoms with Gasteiger partial charge in [-0.05, 0) is 6.42 Å². The molecule has 0 unspecified atom stereocenters. The monoisotopic (exact) mass is 220 g/mol. The number of anilines is 2. The maximum absolute atomic E-state index is 9.63. The number of aliphatic hydroxyl groups excluding tert-OH is 1. The van der Waals surface area contributed by atoms with Crippen molar-refractivity contribution < 1.29 is 5.11 Å². The van der Waals surface area contributed by atoms with Gasteiger partial charge in [0, 0.05) is 0 Å². The number of fused-ring (bicyclic) bond motifs is 1. The van der Waals surface area contributed by atoms with E-state index in [9.17, 15) is 5.11 Å². The Morgan fingerprint density at radius 2 is 2.06 bits per heavy atom. The molecular weight excluding hydrogens is 208 g/mol. The van der Waals surface area contributed by atoms with Crippen molar-refractivity contribution >= 4 is 22.9 Å². The van der Waals surface area contributed by atoms with E-state index >= 15 is 0 Å². The van der Waals surface area contributed by atoms with Gasteiger partial charge in [0.05, 0.1) is 18.0 Å². The quantitative estimate of drug-likeness (QED) is 0.652. The molecule has 0 spiro atoms. The fourth-order valence-electron chi connectivity index (χ4n) is 1.33. The van der Waals surface area contributed by atoms with Gasteiger partial charge in [0.25, 0.3) is 0 Å². The Morgan fingerprint density at radius 3 is 2.75 bits per heavy atom. The van der Waals surface area contributed by atoms with Crippen LogP contribution in [0.2, 0.25) is 0 Å². The van der Waals surface area contributed by atoms with Crippen LogP contribution in [0.25, 0.3) is 11.2 Å². The average Bonchev–Trinajstić information content (AvgIpc) is 2.27. The van der Waals surface area contributed by atoms with Crippen LogP contribution in [0.1, 0.15) is 25.1 Å². The molecule has 0 aliphatic carbocycles. The van der Waals surface area contributed by atoms with Gasteiger partial charge < -0.3 is 16.6 Å². The van der Waals surface area contributed by atoms with Crippen molar-refractivity contribution in [1.82, 2.24) is 19.9 Å². The Hall–Kier alpha value is -2.02. The van der Waals surface area contributed by atoms with Crippen molar-refractivity contribution in [3.63, 3.8) is 0 Å². The number of nitrogen functional groups attached to an aromatic ring is 2. The van der Waals surface area contributed by atoms with Crippen molar-refractivity contribution in [3.8, 4) is 0 Å². The van der Waals surface area contributed by atoms with Crippen molar-refractivity contribution in [2.75, 3.05) is 11.5 Å². The van der Waals surface area contributed by atoms with Gasteiger partial charge in [-0.1, -0.05) is 6.92 Å². The highest BCUT2D eigenvalue weighted by molar-refractivity contribution is 5.81. The molecule has 0 saturated heterocycles. The second-order valence-electron chi connectivity index (χ2n) is 3.36. The first-order valence-electron chi connectivity index (χ1n) is 4.85. The third-order valence-electron chi connectivity index (χ3n) is 2.20. The smallest absolute Gasteiger partial charge is 0.224 e. The minimum Gasteiger partial charge on any atom is -0.387 e. The summed E-state index contributed by atoms with van der Waals surface area (Å²) in [7, 11) is 0. The minimum absolute atomic E-state index is 0.0584. The average molecular weight is 220 g/mol. The fraction of sp³-hybridized carbons (Fsp3) is 0.333. The lowest BCUT2D eigenvalue weighted by atomic mass is 10.2. The number of aromatic nitrogens is 4. The molecule has 5 N–H and O–H groups in total. The first kappa shape index (κ1) is 10.5. The zero-order valence-corrected chi connectivity index (χ0v) is 8.75. The molecule has 0 aliphatic rings. The number of hydrogen-bond donors (Lipinski definition) is 3. The summed E-state index contributed by atoms with van der Waals surface area (Å²) in [5, 5.41) is 9.63. The van der Waals surface area contributed by atoms with E-state index in [4.69, 9.17) is 11.5 Å². The summed E-state index contributed by atoms with van der Waals surface area (Å²) in [5.74, 6) is 0.225. The van der Waals surface area contributed by atoms with Crippen LogP contribution < -0.4 is 11.5 Å². The lowest BCUT2D eigenvalue weighted by Crippen LogP contribution is -2.06. The van der Waals surface area contributed by atoms with Crippen molar-refractivity contribution in [1.29, 1.82) is 0 Å². The SMILES string of the molecule is CC[C@H](O)c1cnc2nc(N)nc(N)c2n1. The predicted molar refractivity (Wildman–Crippen MR) is 59.2 cm³/mol. The number of rotatable bonds is 2. The molecule has 0 aromatic carbocycles. The zero-order chi connectivity index (χ0) is 11.7. The summed E-state index contributed by atoms with van der Waals surface area (Å²) in [6.07, 6.45) is 1.35. The van der Waals surface area contributed by atoms with E-state index in [1.807, 2.05) is 6.92 Å². The third-order valence-corrected chi connectivity index (χ3v) is 2.20. The maximum Gasteiger partial charge on any atom is 0.224 e. The van der Waals surface area contributed by atoms with Crippen LogP contribution in [-0.2, 0) is 0 Å². The topological polar surface area (TPSA) is 124 Å². The van der Waals surface area contributed by atoms with E-state index in [1.165, 1.54) is 6.20 Å². The Bertz CT molecular complexity index is 529. The Labute approximate surface area is 91.6 Å². The molecule has 0 bridgehead atoms. The van der Waals surface area contributed by atoms with Crippen LogP contribution in [0.15, 0.2) is 6.20 Å². The number of nitrogens with zero attached hydrogens (tertiary/aromatic N) is 4. The van der Waals surface area contributed by atoms with Crippen LogP contribution in [0, 0.1) is 0 Å². The van der Waals surface area contributed by atoms with E-state index in [1.54, 1.807) is 0 Å². The standard InChI is InChI=1S/C9H12N6O/c1-2-5(16)4-3-12-8-6(13-4)7(10)14-9(11)15-8/h3,5,16H,2H2,1H3,(H4,10,11,12,14,15)/t5-/m0/s1. The summed E-state index contributed by atoms with van der Waals surface area (Å²) in [6, 6.07) is 0. The molecule has 2 heterocycles. The first-order valence-corrected chi connectivity index (χ1v) is 4.85. The van der Waals surface area contributed by atoms with E-state index < -0.39 is 6.10 Å². The lowest BCUT2D eigenvalue weighted by molar-refractivity contribution is 0.169. The molecule has 16 heavy (non-hydrogen) atoms. The normalized spacial score (nSPS) is 12.9. The molecule has 2 aromatic heterocycles. The fourth-order valence-corrected chi connectivity index (χ4v) is 1.33. The minimum atomic E-state index is -0.658. The molecule has 1 atom stereocenters. The van der Waals surface area contributed by atoms with Gasteiger partial charge in [-0.15, -0.1) is 0 Å². The molecule has 2 rings (SSSR count). The van der Waals surface area contributed by atoms with E-state index in [2.05, 4.69) is 19.9 Å².